The summed E-state index contributed by atoms with van der Waals surface area (Å²) >= 11 is 0. The third-order valence-corrected chi connectivity index (χ3v) is 7.62. The van der Waals surface area contributed by atoms with Gasteiger partial charge in [0.1, 0.15) is 0 Å². The normalized spacial score (nSPS) is 20.4. The molecule has 2 aromatic rings. The van der Waals surface area contributed by atoms with E-state index < -0.39 is 0 Å². The Labute approximate surface area is 203 Å². The molecule has 0 radical (unpaired) electrons. The zero-order valence-electron chi connectivity index (χ0n) is 21.1. The number of benzene rings is 1. The van der Waals surface area contributed by atoms with Gasteiger partial charge in [-0.1, -0.05) is 12.1 Å². The maximum atomic E-state index is 14.0. The molecule has 4 rings (SSSR count). The molecule has 2 atom stereocenters. The van der Waals surface area contributed by atoms with Crippen LogP contribution in [0, 0.1) is 19.8 Å². The van der Waals surface area contributed by atoms with Crippen molar-refractivity contribution in [2.75, 3.05) is 26.8 Å². The molecule has 1 aromatic carbocycles. The lowest BCUT2D eigenvalue weighted by atomic mass is 9.80. The molecule has 1 N–H and O–H groups in total. The molecule has 2 fully saturated rings. The van der Waals surface area contributed by atoms with Crippen molar-refractivity contribution in [3.63, 3.8) is 0 Å². The van der Waals surface area contributed by atoms with Crippen LogP contribution in [0.4, 0.5) is 0 Å². The second kappa shape index (κ2) is 10.9. The zero-order chi connectivity index (χ0) is 24.2. The zero-order valence-corrected chi connectivity index (χ0v) is 21.1. The first-order valence-electron chi connectivity index (χ1n) is 12.6. The predicted molar refractivity (Wildman–Crippen MR) is 135 cm³/mol. The Bertz CT molecular complexity index is 1070. The monoisotopic (exact) mass is 465 g/mol. The number of amides is 1. The van der Waals surface area contributed by atoms with Gasteiger partial charge in [-0.2, -0.15) is 0 Å². The van der Waals surface area contributed by atoms with Crippen molar-refractivity contribution in [2.45, 2.75) is 64.5 Å². The molecule has 1 saturated carbocycles. The maximum Gasteiger partial charge on any atom is 0.250 e. The summed E-state index contributed by atoms with van der Waals surface area (Å²) in [4.78, 5) is 28.4. The maximum absolute atomic E-state index is 14.0. The summed E-state index contributed by atoms with van der Waals surface area (Å²) in [6.07, 6.45) is 6.82. The minimum Gasteiger partial charge on any atom is -0.385 e. The van der Waals surface area contributed by atoms with Crippen LogP contribution < -0.4 is 10.9 Å². The molecule has 184 valence electrons. The van der Waals surface area contributed by atoms with Crippen LogP contribution in [0.2, 0.25) is 0 Å². The van der Waals surface area contributed by atoms with E-state index in [2.05, 4.69) is 36.2 Å². The molecule has 1 unspecified atom stereocenters. The van der Waals surface area contributed by atoms with Crippen LogP contribution >= 0.6 is 0 Å². The Balaban J connectivity index is 1.58. The quantitative estimate of drug-likeness (QED) is 0.576. The van der Waals surface area contributed by atoms with Crippen LogP contribution in [-0.4, -0.2) is 48.2 Å². The summed E-state index contributed by atoms with van der Waals surface area (Å²) in [6, 6.07) is 8.62. The van der Waals surface area contributed by atoms with Gasteiger partial charge in [0.05, 0.1) is 5.92 Å². The van der Waals surface area contributed by atoms with Gasteiger partial charge < -0.3 is 19.5 Å². The number of piperidine rings is 1. The Kier molecular flexibility index (Phi) is 7.89. The minimum atomic E-state index is -0.146. The lowest BCUT2D eigenvalue weighted by Gasteiger charge is -2.36. The average Bonchev–Trinajstić information content (AvgIpc) is 3.67. The van der Waals surface area contributed by atoms with Crippen molar-refractivity contribution in [2.24, 2.45) is 13.0 Å². The van der Waals surface area contributed by atoms with E-state index in [1.165, 1.54) is 22.3 Å². The van der Waals surface area contributed by atoms with Gasteiger partial charge in [0.25, 0.3) is 5.56 Å². The van der Waals surface area contributed by atoms with E-state index in [0.717, 1.165) is 50.8 Å². The molecule has 1 aromatic heterocycles. The number of nitrogens with one attached hydrogen (secondary N) is 1. The van der Waals surface area contributed by atoms with Crippen molar-refractivity contribution >= 4 is 5.91 Å². The molecule has 1 aliphatic heterocycles. The molecule has 0 spiro atoms. The van der Waals surface area contributed by atoms with Crippen molar-refractivity contribution in [3.05, 3.63) is 68.6 Å². The molecule has 1 amide bonds. The molecule has 1 saturated heterocycles. The van der Waals surface area contributed by atoms with Gasteiger partial charge in [-0.25, -0.2) is 0 Å². The smallest absolute Gasteiger partial charge is 0.250 e. The standard InChI is InChI=1S/C28H39N3O3/c1-19-14-21(6-5-13-34-4)15-23(20(19)2)18-31(24-7-8-24)28(33)26-17-29-11-9-25(26)22-10-12-30(3)27(32)16-22/h10,12,14-16,24-26,29H,5-9,11,13,17-18H2,1-4H3/t25-,26?/m1/s1. The van der Waals surface area contributed by atoms with Crippen LogP contribution in [0.15, 0.2) is 35.3 Å². The highest BCUT2D eigenvalue weighted by molar-refractivity contribution is 5.81. The number of ether oxygens (including phenoxy) is 1. The Morgan fingerprint density at radius 2 is 2.00 bits per heavy atom. The summed E-state index contributed by atoms with van der Waals surface area (Å²) in [6.45, 7) is 7.29. The fourth-order valence-corrected chi connectivity index (χ4v) is 5.22. The molecule has 6 heteroatoms. The van der Waals surface area contributed by atoms with E-state index >= 15 is 0 Å². The van der Waals surface area contributed by atoms with Crippen molar-refractivity contribution < 1.29 is 9.53 Å². The van der Waals surface area contributed by atoms with Crippen molar-refractivity contribution in [1.82, 2.24) is 14.8 Å². The highest BCUT2D eigenvalue weighted by atomic mass is 16.5. The average molecular weight is 466 g/mol. The largest absolute Gasteiger partial charge is 0.385 e. The minimum absolute atomic E-state index is 0.0160. The number of pyridine rings is 1. The van der Waals surface area contributed by atoms with E-state index in [-0.39, 0.29) is 23.3 Å². The lowest BCUT2D eigenvalue weighted by molar-refractivity contribution is -0.138. The van der Waals surface area contributed by atoms with Gasteiger partial charge in [-0.3, -0.25) is 9.59 Å². The number of carbonyl (C=O) groups excluding carboxylic acids is 1. The van der Waals surface area contributed by atoms with Gasteiger partial charge in [-0.15, -0.1) is 0 Å². The first kappa shape index (κ1) is 24.7. The summed E-state index contributed by atoms with van der Waals surface area (Å²) in [5.41, 5.74) is 6.10. The first-order chi connectivity index (χ1) is 16.4. The summed E-state index contributed by atoms with van der Waals surface area (Å²) in [7, 11) is 3.51. The van der Waals surface area contributed by atoms with E-state index in [0.29, 0.717) is 19.1 Å². The molecular weight excluding hydrogens is 426 g/mol. The van der Waals surface area contributed by atoms with E-state index in [4.69, 9.17) is 4.74 Å². The molecular formula is C28H39N3O3. The van der Waals surface area contributed by atoms with E-state index in [1.54, 1.807) is 24.8 Å². The number of rotatable bonds is 9. The third-order valence-electron chi connectivity index (χ3n) is 7.62. The summed E-state index contributed by atoms with van der Waals surface area (Å²) in [5.74, 6) is 0.155. The summed E-state index contributed by atoms with van der Waals surface area (Å²) in [5, 5.41) is 3.44. The predicted octanol–water partition coefficient (Wildman–Crippen LogP) is 3.47. The Morgan fingerprint density at radius 3 is 2.71 bits per heavy atom. The Morgan fingerprint density at radius 1 is 1.21 bits per heavy atom. The van der Waals surface area contributed by atoms with Crippen LogP contribution in [-0.2, 0) is 29.5 Å². The number of nitrogens with zero attached hydrogens (tertiary/aromatic N) is 2. The van der Waals surface area contributed by atoms with E-state index in [1.807, 2.05) is 12.3 Å². The molecule has 6 nitrogen and oxygen atoms in total. The van der Waals surface area contributed by atoms with Gasteiger partial charge in [0.2, 0.25) is 5.91 Å². The number of hydrogen-bond donors (Lipinski definition) is 1. The van der Waals surface area contributed by atoms with Gasteiger partial charge >= 0.3 is 0 Å². The highest BCUT2D eigenvalue weighted by Gasteiger charge is 2.40. The molecule has 0 bridgehead atoms. The van der Waals surface area contributed by atoms with Gasteiger partial charge in [0, 0.05) is 52.2 Å². The molecule has 2 aliphatic rings. The highest BCUT2D eigenvalue weighted by Crippen LogP contribution is 2.36. The van der Waals surface area contributed by atoms with Crippen molar-refractivity contribution in [3.8, 4) is 0 Å². The number of methoxy groups -OCH3 is 1. The number of aromatic nitrogens is 1. The van der Waals surface area contributed by atoms with E-state index in [9.17, 15) is 9.59 Å². The Hall–Kier alpha value is -2.44. The van der Waals surface area contributed by atoms with Crippen LogP contribution in [0.1, 0.15) is 59.4 Å². The second-order valence-corrected chi connectivity index (χ2v) is 10.1. The van der Waals surface area contributed by atoms with Crippen LogP contribution in [0.25, 0.3) is 0 Å². The number of aryl methyl sites for hydroxylation is 3. The van der Waals surface area contributed by atoms with Crippen LogP contribution in [0.3, 0.4) is 0 Å². The van der Waals surface area contributed by atoms with Gasteiger partial charge in [0.15, 0.2) is 0 Å². The lowest BCUT2D eigenvalue weighted by Crippen LogP contribution is -2.47. The molecule has 1 aliphatic carbocycles. The first-order valence-corrected chi connectivity index (χ1v) is 12.6. The topological polar surface area (TPSA) is 63.6 Å². The van der Waals surface area contributed by atoms with Crippen LogP contribution in [0.5, 0.6) is 0 Å². The second-order valence-electron chi connectivity index (χ2n) is 10.1. The molecule has 34 heavy (non-hydrogen) atoms. The fraction of sp³-hybridized carbons (Fsp3) is 0.571. The fourth-order valence-electron chi connectivity index (χ4n) is 5.22. The third kappa shape index (κ3) is 5.61. The van der Waals surface area contributed by atoms with Gasteiger partial charge in [-0.05, 0) is 92.3 Å². The summed E-state index contributed by atoms with van der Waals surface area (Å²) < 4.78 is 6.82. The SMILES string of the molecule is COCCCc1cc(C)c(C)c(CN(C(=O)C2CNCC[C@@H]2c2ccn(C)c(=O)c2)C2CC2)c1. The van der Waals surface area contributed by atoms with Crippen molar-refractivity contribution in [1.29, 1.82) is 0 Å². The number of carbonyl (C=O) groups is 1. The number of hydrogen-bond acceptors (Lipinski definition) is 4. The molecule has 2 heterocycles.